The summed E-state index contributed by atoms with van der Waals surface area (Å²) in [5.41, 5.74) is 9.09. The Bertz CT molecular complexity index is 1130. The fourth-order valence-electron chi connectivity index (χ4n) is 3.73. The maximum Gasteiger partial charge on any atom is 0.312 e. The number of anilines is 1. The lowest BCUT2D eigenvalue weighted by molar-refractivity contribution is 0.356. The second-order valence-electron chi connectivity index (χ2n) is 7.70. The highest BCUT2D eigenvalue weighted by Crippen LogP contribution is 2.30. The highest BCUT2D eigenvalue weighted by atomic mass is 19.1. The highest BCUT2D eigenvalue weighted by molar-refractivity contribution is 5.82. The van der Waals surface area contributed by atoms with E-state index in [0.29, 0.717) is 48.2 Å². The first-order chi connectivity index (χ1) is 14.5. The van der Waals surface area contributed by atoms with Gasteiger partial charge < -0.3 is 20.4 Å². The number of nitrogen functional groups attached to an aromatic ring is 1. The van der Waals surface area contributed by atoms with Crippen LogP contribution in [0, 0.1) is 17.4 Å². The molecule has 30 heavy (non-hydrogen) atoms. The van der Waals surface area contributed by atoms with Crippen molar-refractivity contribution in [2.45, 2.75) is 45.7 Å². The number of fused-ring (bicyclic) bond motifs is 2. The summed E-state index contributed by atoms with van der Waals surface area (Å²) < 4.78 is 21.4. The van der Waals surface area contributed by atoms with Gasteiger partial charge in [0.15, 0.2) is 17.0 Å². The van der Waals surface area contributed by atoms with Crippen LogP contribution < -0.4 is 15.8 Å². The zero-order chi connectivity index (χ0) is 21.3. The van der Waals surface area contributed by atoms with Crippen LogP contribution in [0.4, 0.5) is 10.2 Å². The predicted octanol–water partition coefficient (Wildman–Crippen LogP) is 2.33. The van der Waals surface area contributed by atoms with Crippen LogP contribution in [-0.4, -0.2) is 38.7 Å². The third-order valence-electron chi connectivity index (χ3n) is 5.17. The number of imidazole rings is 1. The van der Waals surface area contributed by atoms with Crippen molar-refractivity contribution in [3.8, 4) is 11.8 Å². The van der Waals surface area contributed by atoms with Gasteiger partial charge in [-0.25, -0.2) is 4.98 Å². The Balaban J connectivity index is 1.72. The molecule has 0 spiro atoms. The van der Waals surface area contributed by atoms with E-state index in [9.17, 15) is 9.65 Å². The van der Waals surface area contributed by atoms with E-state index in [1.807, 2.05) is 16.7 Å². The number of nitrogens with one attached hydrogen (secondary N) is 1. The topological polar surface area (TPSA) is 115 Å². The molecule has 2 aromatic heterocycles. The van der Waals surface area contributed by atoms with E-state index < -0.39 is 6.08 Å². The minimum atomic E-state index is -0.878. The van der Waals surface area contributed by atoms with E-state index in [-0.39, 0.29) is 5.82 Å². The van der Waals surface area contributed by atoms with Gasteiger partial charge in [0, 0.05) is 25.4 Å². The molecule has 1 aliphatic heterocycles. The van der Waals surface area contributed by atoms with Crippen molar-refractivity contribution in [1.29, 1.82) is 5.26 Å². The minimum absolute atomic E-state index is 0.00981. The SMILES string of the molecule is CC(C)NCCCn1c(Cc2cc3c(cc2C#N)CCO3)nc2c(N)nc(F)nc21. The van der Waals surface area contributed by atoms with Gasteiger partial charge in [0.25, 0.3) is 0 Å². The Hall–Kier alpha value is -3.25. The highest BCUT2D eigenvalue weighted by Gasteiger charge is 2.20. The Kier molecular flexibility index (Phi) is 5.50. The number of halogens is 1. The molecule has 1 aromatic carbocycles. The zero-order valence-electron chi connectivity index (χ0n) is 17.1. The van der Waals surface area contributed by atoms with Gasteiger partial charge in [-0.05, 0) is 36.2 Å². The molecule has 8 nitrogen and oxygen atoms in total. The number of nitrogens with two attached hydrogens (primary N) is 1. The number of nitrogens with zero attached hydrogens (tertiary/aromatic N) is 5. The van der Waals surface area contributed by atoms with Crippen LogP contribution in [0.15, 0.2) is 12.1 Å². The predicted molar refractivity (Wildman–Crippen MR) is 111 cm³/mol. The maximum absolute atomic E-state index is 13.9. The third-order valence-corrected chi connectivity index (χ3v) is 5.17. The summed E-state index contributed by atoms with van der Waals surface area (Å²) in [5.74, 6) is 1.48. The fraction of sp³-hybridized carbons (Fsp3) is 0.429. The molecule has 3 heterocycles. The van der Waals surface area contributed by atoms with Crippen LogP contribution >= 0.6 is 0 Å². The number of rotatable bonds is 7. The quantitative estimate of drug-likeness (QED) is 0.455. The summed E-state index contributed by atoms with van der Waals surface area (Å²) in [6.07, 6.45) is 1.11. The van der Waals surface area contributed by atoms with E-state index in [0.717, 1.165) is 36.3 Å². The molecule has 4 rings (SSSR count). The molecule has 3 aromatic rings. The molecule has 0 radical (unpaired) electrons. The molecule has 156 valence electrons. The number of hydrogen-bond acceptors (Lipinski definition) is 7. The van der Waals surface area contributed by atoms with Crippen LogP contribution in [0.5, 0.6) is 5.75 Å². The van der Waals surface area contributed by atoms with Crippen LogP contribution in [0.2, 0.25) is 0 Å². The van der Waals surface area contributed by atoms with E-state index in [1.54, 1.807) is 0 Å². The van der Waals surface area contributed by atoms with Crippen molar-refractivity contribution < 1.29 is 9.13 Å². The first-order valence-corrected chi connectivity index (χ1v) is 10.1. The van der Waals surface area contributed by atoms with Crippen LogP contribution in [0.3, 0.4) is 0 Å². The summed E-state index contributed by atoms with van der Waals surface area (Å²) >= 11 is 0. The Morgan fingerprint density at radius 2 is 2.17 bits per heavy atom. The van der Waals surface area contributed by atoms with Crippen molar-refractivity contribution in [1.82, 2.24) is 24.8 Å². The minimum Gasteiger partial charge on any atom is -0.493 e. The average molecular weight is 409 g/mol. The smallest absolute Gasteiger partial charge is 0.312 e. The lowest BCUT2D eigenvalue weighted by Crippen LogP contribution is -2.24. The Morgan fingerprint density at radius 1 is 1.33 bits per heavy atom. The first-order valence-electron chi connectivity index (χ1n) is 10.1. The number of aryl methyl sites for hydroxylation is 1. The van der Waals surface area contributed by atoms with Crippen molar-refractivity contribution in [3.05, 3.63) is 40.7 Å². The summed E-state index contributed by atoms with van der Waals surface area (Å²) in [7, 11) is 0. The summed E-state index contributed by atoms with van der Waals surface area (Å²) in [6.45, 7) is 6.18. The molecule has 3 N–H and O–H groups in total. The van der Waals surface area contributed by atoms with Gasteiger partial charge in [0.1, 0.15) is 11.6 Å². The standard InChI is InChI=1S/C21H24FN7O/c1-12(2)25-5-3-6-29-17(26-18-19(24)27-21(22)28-20(18)29)10-14-9-16-13(4-7-30-16)8-15(14)11-23/h8-9,12,25H,3-7,10H2,1-2H3,(H2,24,27,28). The Morgan fingerprint density at radius 3 is 2.93 bits per heavy atom. The summed E-state index contributed by atoms with van der Waals surface area (Å²) in [6, 6.07) is 6.43. The molecular weight excluding hydrogens is 385 g/mol. The van der Waals surface area contributed by atoms with Gasteiger partial charge in [-0.1, -0.05) is 13.8 Å². The number of benzene rings is 1. The number of aromatic nitrogens is 4. The number of hydrogen-bond donors (Lipinski definition) is 2. The van der Waals surface area contributed by atoms with E-state index in [1.165, 1.54) is 0 Å². The van der Waals surface area contributed by atoms with E-state index in [2.05, 4.69) is 40.2 Å². The molecule has 0 saturated carbocycles. The summed E-state index contributed by atoms with van der Waals surface area (Å²) in [5, 5.41) is 13.0. The number of nitriles is 1. The molecule has 1 aliphatic rings. The van der Waals surface area contributed by atoms with Crippen molar-refractivity contribution >= 4 is 17.0 Å². The summed E-state index contributed by atoms with van der Waals surface area (Å²) in [4.78, 5) is 12.2. The van der Waals surface area contributed by atoms with E-state index in [4.69, 9.17) is 10.5 Å². The molecule has 9 heteroatoms. The monoisotopic (exact) mass is 409 g/mol. The lowest BCUT2D eigenvalue weighted by atomic mass is 10.0. The number of ether oxygens (including phenoxy) is 1. The molecule has 0 amide bonds. The molecule has 0 atom stereocenters. The van der Waals surface area contributed by atoms with Gasteiger partial charge in [-0.3, -0.25) is 0 Å². The van der Waals surface area contributed by atoms with Gasteiger partial charge in [0.05, 0.1) is 18.2 Å². The average Bonchev–Trinajstić information content (AvgIpc) is 3.29. The molecule has 0 bridgehead atoms. The second-order valence-corrected chi connectivity index (χ2v) is 7.70. The Labute approximate surface area is 173 Å². The van der Waals surface area contributed by atoms with E-state index >= 15 is 0 Å². The van der Waals surface area contributed by atoms with Gasteiger partial charge in [-0.2, -0.15) is 19.6 Å². The third kappa shape index (κ3) is 3.91. The van der Waals surface area contributed by atoms with Crippen LogP contribution in [-0.2, 0) is 19.4 Å². The molecule has 0 unspecified atom stereocenters. The van der Waals surface area contributed by atoms with Gasteiger partial charge in [-0.15, -0.1) is 0 Å². The molecule has 0 fully saturated rings. The molecule has 0 aliphatic carbocycles. The zero-order valence-corrected chi connectivity index (χ0v) is 17.1. The second kappa shape index (κ2) is 8.24. The maximum atomic E-state index is 13.9. The van der Waals surface area contributed by atoms with Crippen LogP contribution in [0.25, 0.3) is 11.2 Å². The normalized spacial score (nSPS) is 12.9. The van der Waals surface area contributed by atoms with Crippen molar-refractivity contribution in [3.63, 3.8) is 0 Å². The van der Waals surface area contributed by atoms with Gasteiger partial charge >= 0.3 is 6.08 Å². The molecule has 0 saturated heterocycles. The van der Waals surface area contributed by atoms with Crippen molar-refractivity contribution in [2.24, 2.45) is 0 Å². The lowest BCUT2D eigenvalue weighted by Gasteiger charge is -2.12. The van der Waals surface area contributed by atoms with Crippen molar-refractivity contribution in [2.75, 3.05) is 18.9 Å². The largest absolute Gasteiger partial charge is 0.493 e. The van der Waals surface area contributed by atoms with Crippen LogP contribution in [0.1, 0.15) is 42.8 Å². The first kappa shape index (κ1) is 20.0. The van der Waals surface area contributed by atoms with Gasteiger partial charge in [0.2, 0.25) is 0 Å². The molecular formula is C21H24FN7O. The fourth-order valence-corrected chi connectivity index (χ4v) is 3.73.